The lowest BCUT2D eigenvalue weighted by atomic mass is 9.88. The molecule has 2 aliphatic rings. The molecule has 3 heterocycles. The number of rotatable bonds is 6. The van der Waals surface area contributed by atoms with E-state index in [1.165, 1.54) is 11.3 Å². The Kier molecular flexibility index (Phi) is 7.61. The standard InChI is InChI=1S/C24H29N3O5S/c1-31-19-5-2-4-18(16-19)23(29)26-9-7-17(8-10-26)21(24(30)27-11-13-32-14-12-27)25-22(28)20-6-3-15-33-20/h2-6,15-17,21H,7-14H2,1H3,(H,25,28). The molecule has 0 bridgehead atoms. The average Bonchev–Trinajstić information content (AvgIpc) is 3.42. The van der Waals surface area contributed by atoms with Gasteiger partial charge in [-0.05, 0) is 48.4 Å². The number of hydrogen-bond donors (Lipinski definition) is 1. The number of methoxy groups -OCH3 is 1. The minimum Gasteiger partial charge on any atom is -0.497 e. The molecule has 4 rings (SSSR count). The second-order valence-electron chi connectivity index (χ2n) is 8.23. The molecule has 1 unspecified atom stereocenters. The van der Waals surface area contributed by atoms with Gasteiger partial charge in [0.15, 0.2) is 0 Å². The molecule has 2 aliphatic heterocycles. The minimum atomic E-state index is -0.619. The zero-order valence-electron chi connectivity index (χ0n) is 18.7. The fourth-order valence-electron chi connectivity index (χ4n) is 4.36. The highest BCUT2D eigenvalue weighted by atomic mass is 32.1. The molecule has 0 radical (unpaired) electrons. The third kappa shape index (κ3) is 5.54. The van der Waals surface area contributed by atoms with E-state index in [9.17, 15) is 14.4 Å². The molecule has 1 aromatic heterocycles. The van der Waals surface area contributed by atoms with Crippen LogP contribution in [0.2, 0.25) is 0 Å². The van der Waals surface area contributed by atoms with Crippen LogP contribution in [0.5, 0.6) is 5.75 Å². The average molecular weight is 472 g/mol. The summed E-state index contributed by atoms with van der Waals surface area (Å²) in [4.78, 5) is 43.3. The van der Waals surface area contributed by atoms with E-state index < -0.39 is 6.04 Å². The SMILES string of the molecule is COc1cccc(C(=O)N2CCC(C(NC(=O)c3cccs3)C(=O)N3CCOCC3)CC2)c1. The van der Waals surface area contributed by atoms with E-state index in [-0.39, 0.29) is 23.6 Å². The smallest absolute Gasteiger partial charge is 0.262 e. The van der Waals surface area contributed by atoms with Crippen LogP contribution in [-0.4, -0.2) is 80.1 Å². The molecular formula is C24H29N3O5S. The van der Waals surface area contributed by atoms with E-state index in [0.717, 1.165) is 0 Å². The van der Waals surface area contributed by atoms with Crippen molar-refractivity contribution in [3.63, 3.8) is 0 Å². The molecule has 8 nitrogen and oxygen atoms in total. The molecule has 0 aliphatic carbocycles. The second-order valence-corrected chi connectivity index (χ2v) is 9.18. The van der Waals surface area contributed by atoms with Crippen LogP contribution in [-0.2, 0) is 9.53 Å². The van der Waals surface area contributed by atoms with Crippen LogP contribution in [0.25, 0.3) is 0 Å². The van der Waals surface area contributed by atoms with Gasteiger partial charge in [0.1, 0.15) is 11.8 Å². The molecular weight excluding hydrogens is 442 g/mol. The Bertz CT molecular complexity index is 966. The van der Waals surface area contributed by atoms with Gasteiger partial charge in [-0.1, -0.05) is 12.1 Å². The molecule has 2 fully saturated rings. The fourth-order valence-corrected chi connectivity index (χ4v) is 4.98. The Hall–Kier alpha value is -2.91. The summed E-state index contributed by atoms with van der Waals surface area (Å²) >= 11 is 1.35. The number of thiophene rings is 1. The van der Waals surface area contributed by atoms with Crippen molar-refractivity contribution >= 4 is 29.1 Å². The molecule has 2 saturated heterocycles. The Morgan fingerprint density at radius 2 is 1.82 bits per heavy atom. The highest BCUT2D eigenvalue weighted by Gasteiger charge is 2.37. The van der Waals surface area contributed by atoms with Crippen LogP contribution >= 0.6 is 11.3 Å². The third-order valence-corrected chi connectivity index (χ3v) is 7.10. The zero-order valence-corrected chi connectivity index (χ0v) is 19.5. The van der Waals surface area contributed by atoms with Gasteiger partial charge < -0.3 is 24.6 Å². The van der Waals surface area contributed by atoms with E-state index in [4.69, 9.17) is 9.47 Å². The maximum Gasteiger partial charge on any atom is 0.262 e. The number of carbonyl (C=O) groups excluding carboxylic acids is 3. The second kappa shape index (κ2) is 10.8. The van der Waals surface area contributed by atoms with Crippen LogP contribution in [0, 0.1) is 5.92 Å². The first-order valence-electron chi connectivity index (χ1n) is 11.2. The number of piperidine rings is 1. The van der Waals surface area contributed by atoms with E-state index in [0.29, 0.717) is 68.4 Å². The third-order valence-electron chi connectivity index (χ3n) is 6.24. The Labute approximate surface area is 197 Å². The van der Waals surface area contributed by atoms with Gasteiger partial charge in [-0.2, -0.15) is 0 Å². The van der Waals surface area contributed by atoms with Gasteiger partial charge in [0.25, 0.3) is 11.8 Å². The largest absolute Gasteiger partial charge is 0.497 e. The summed E-state index contributed by atoms with van der Waals surface area (Å²) in [7, 11) is 1.57. The molecule has 33 heavy (non-hydrogen) atoms. The summed E-state index contributed by atoms with van der Waals surface area (Å²) in [5.74, 6) is 0.250. The molecule has 2 aromatic rings. The summed E-state index contributed by atoms with van der Waals surface area (Å²) in [5, 5.41) is 4.84. The van der Waals surface area contributed by atoms with Crippen molar-refractivity contribution in [3.05, 3.63) is 52.2 Å². The van der Waals surface area contributed by atoms with Crippen molar-refractivity contribution in [1.29, 1.82) is 0 Å². The lowest BCUT2D eigenvalue weighted by Crippen LogP contribution is -2.56. The Balaban J connectivity index is 1.44. The summed E-state index contributed by atoms with van der Waals surface area (Å²) < 4.78 is 10.6. The van der Waals surface area contributed by atoms with Crippen molar-refractivity contribution in [2.75, 3.05) is 46.5 Å². The highest BCUT2D eigenvalue weighted by molar-refractivity contribution is 7.12. The van der Waals surface area contributed by atoms with Gasteiger partial charge in [-0.25, -0.2) is 0 Å². The fraction of sp³-hybridized carbons (Fsp3) is 0.458. The number of nitrogens with one attached hydrogen (secondary N) is 1. The maximum absolute atomic E-state index is 13.4. The molecule has 1 aromatic carbocycles. The lowest BCUT2D eigenvalue weighted by Gasteiger charge is -2.38. The highest BCUT2D eigenvalue weighted by Crippen LogP contribution is 2.25. The number of nitrogens with zero attached hydrogens (tertiary/aromatic N) is 2. The van der Waals surface area contributed by atoms with Crippen LogP contribution in [0.4, 0.5) is 0 Å². The van der Waals surface area contributed by atoms with E-state index in [2.05, 4.69) is 5.32 Å². The quantitative estimate of drug-likeness (QED) is 0.698. The molecule has 1 N–H and O–H groups in total. The van der Waals surface area contributed by atoms with E-state index in [1.54, 1.807) is 42.3 Å². The molecule has 1 atom stereocenters. The number of benzene rings is 1. The van der Waals surface area contributed by atoms with Gasteiger partial charge in [0, 0.05) is 31.7 Å². The van der Waals surface area contributed by atoms with Crippen LogP contribution in [0.1, 0.15) is 32.9 Å². The maximum atomic E-state index is 13.4. The minimum absolute atomic E-state index is 0.0429. The van der Waals surface area contributed by atoms with E-state index in [1.807, 2.05) is 16.3 Å². The molecule has 0 spiro atoms. The summed E-state index contributed by atoms with van der Waals surface area (Å²) in [6.45, 7) is 3.12. The first kappa shape index (κ1) is 23.3. The van der Waals surface area contributed by atoms with Gasteiger partial charge in [-0.15, -0.1) is 11.3 Å². The monoisotopic (exact) mass is 471 g/mol. The number of amides is 3. The van der Waals surface area contributed by atoms with Gasteiger partial charge >= 0.3 is 0 Å². The Morgan fingerprint density at radius 1 is 1.06 bits per heavy atom. The van der Waals surface area contributed by atoms with Crippen molar-refractivity contribution < 1.29 is 23.9 Å². The predicted molar refractivity (Wildman–Crippen MR) is 125 cm³/mol. The van der Waals surface area contributed by atoms with Gasteiger partial charge in [0.05, 0.1) is 25.2 Å². The van der Waals surface area contributed by atoms with Crippen LogP contribution in [0.15, 0.2) is 41.8 Å². The lowest BCUT2D eigenvalue weighted by molar-refractivity contribution is -0.139. The first-order valence-corrected chi connectivity index (χ1v) is 12.1. The molecule has 3 amide bonds. The van der Waals surface area contributed by atoms with Gasteiger partial charge in [-0.3, -0.25) is 14.4 Å². The van der Waals surface area contributed by atoms with Crippen molar-refractivity contribution in [3.8, 4) is 5.75 Å². The van der Waals surface area contributed by atoms with E-state index >= 15 is 0 Å². The van der Waals surface area contributed by atoms with Crippen molar-refractivity contribution in [2.24, 2.45) is 5.92 Å². The Morgan fingerprint density at radius 3 is 2.48 bits per heavy atom. The topological polar surface area (TPSA) is 88.2 Å². The van der Waals surface area contributed by atoms with Crippen LogP contribution < -0.4 is 10.1 Å². The first-order chi connectivity index (χ1) is 16.1. The number of carbonyl (C=O) groups is 3. The molecule has 9 heteroatoms. The summed E-state index contributed by atoms with van der Waals surface area (Å²) in [5.41, 5.74) is 0.583. The zero-order chi connectivity index (χ0) is 23.2. The number of likely N-dealkylation sites (tertiary alicyclic amines) is 1. The summed E-state index contributed by atoms with van der Waals surface area (Å²) in [6, 6.07) is 10.1. The van der Waals surface area contributed by atoms with Gasteiger partial charge in [0.2, 0.25) is 5.91 Å². The molecule has 0 saturated carbocycles. The predicted octanol–water partition coefficient (Wildman–Crippen LogP) is 2.27. The molecule has 176 valence electrons. The number of ether oxygens (including phenoxy) is 2. The van der Waals surface area contributed by atoms with Crippen LogP contribution in [0.3, 0.4) is 0 Å². The van der Waals surface area contributed by atoms with Crippen molar-refractivity contribution in [2.45, 2.75) is 18.9 Å². The van der Waals surface area contributed by atoms with Crippen molar-refractivity contribution in [1.82, 2.24) is 15.1 Å². The summed E-state index contributed by atoms with van der Waals surface area (Å²) in [6.07, 6.45) is 1.28. The number of hydrogen-bond acceptors (Lipinski definition) is 6. The normalized spacial score (nSPS) is 18.0. The number of morpholine rings is 1.